The van der Waals surface area contributed by atoms with E-state index in [2.05, 4.69) is 15.5 Å². The van der Waals surface area contributed by atoms with E-state index in [9.17, 15) is 4.79 Å². The summed E-state index contributed by atoms with van der Waals surface area (Å²) in [6, 6.07) is 1.23. The van der Waals surface area contributed by atoms with E-state index in [0.717, 1.165) is 31.3 Å². The van der Waals surface area contributed by atoms with Crippen molar-refractivity contribution in [2.75, 3.05) is 26.2 Å². The van der Waals surface area contributed by atoms with Crippen molar-refractivity contribution in [3.8, 4) is 0 Å². The molecule has 1 aliphatic heterocycles. The topological polar surface area (TPSA) is 44.4 Å². The predicted octanol–water partition coefficient (Wildman–Crippen LogP) is 2.74. The summed E-state index contributed by atoms with van der Waals surface area (Å²) in [5, 5.41) is 6.48. The molecule has 136 valence electrons. The highest BCUT2D eigenvalue weighted by Crippen LogP contribution is 2.27. The van der Waals surface area contributed by atoms with Crippen LogP contribution in [0.15, 0.2) is 0 Å². The number of halogens is 2. The van der Waals surface area contributed by atoms with E-state index < -0.39 is 0 Å². The van der Waals surface area contributed by atoms with Crippen LogP contribution in [-0.2, 0) is 4.79 Å². The first-order valence-corrected chi connectivity index (χ1v) is 9.05. The second kappa shape index (κ2) is 10.8. The maximum Gasteiger partial charge on any atom is 0.234 e. The Kier molecular flexibility index (Phi) is 9.83. The number of nitrogens with one attached hydrogen (secondary N) is 2. The van der Waals surface area contributed by atoms with Crippen molar-refractivity contribution in [2.45, 2.75) is 69.9 Å². The van der Waals surface area contributed by atoms with Gasteiger partial charge in [-0.25, -0.2) is 0 Å². The largest absolute Gasteiger partial charge is 0.352 e. The average Bonchev–Trinajstić information content (AvgIpc) is 3.33. The number of hydrogen-bond acceptors (Lipinski definition) is 3. The standard InChI is InChI=1S/C17H31N3O.2ClH/c21-17(13-18-12-14-6-7-14)19-15-8-10-20(11-9-15)16-4-2-1-3-5-16;;/h14-16,18H,1-13H2,(H,19,21);2*1H. The van der Waals surface area contributed by atoms with Gasteiger partial charge in [0.2, 0.25) is 5.91 Å². The third-order valence-corrected chi connectivity index (χ3v) is 5.40. The van der Waals surface area contributed by atoms with Crippen molar-refractivity contribution in [2.24, 2.45) is 5.92 Å². The molecule has 0 aromatic rings. The van der Waals surface area contributed by atoms with Gasteiger partial charge in [-0.3, -0.25) is 4.79 Å². The summed E-state index contributed by atoms with van der Waals surface area (Å²) in [5.74, 6) is 1.03. The molecule has 2 N–H and O–H groups in total. The van der Waals surface area contributed by atoms with Crippen LogP contribution in [0.4, 0.5) is 0 Å². The Labute approximate surface area is 153 Å². The highest BCUT2D eigenvalue weighted by Gasteiger charge is 2.27. The lowest BCUT2D eigenvalue weighted by molar-refractivity contribution is -0.121. The lowest BCUT2D eigenvalue weighted by Gasteiger charge is -2.39. The molecule has 1 heterocycles. The van der Waals surface area contributed by atoms with Crippen LogP contribution >= 0.6 is 24.8 Å². The van der Waals surface area contributed by atoms with E-state index in [4.69, 9.17) is 0 Å². The first kappa shape index (κ1) is 21.0. The zero-order valence-corrected chi connectivity index (χ0v) is 15.7. The monoisotopic (exact) mass is 365 g/mol. The normalized spacial score (nSPS) is 23.7. The molecule has 23 heavy (non-hydrogen) atoms. The summed E-state index contributed by atoms with van der Waals surface area (Å²) < 4.78 is 0. The van der Waals surface area contributed by atoms with Gasteiger partial charge < -0.3 is 15.5 Å². The molecular formula is C17H33Cl2N3O. The molecule has 3 fully saturated rings. The molecule has 0 atom stereocenters. The Bertz CT molecular complexity index is 339. The fourth-order valence-electron chi connectivity index (χ4n) is 3.85. The maximum absolute atomic E-state index is 11.9. The van der Waals surface area contributed by atoms with Crippen molar-refractivity contribution < 1.29 is 4.79 Å². The van der Waals surface area contributed by atoms with Crippen LogP contribution in [0.25, 0.3) is 0 Å². The molecular weight excluding hydrogens is 333 g/mol. The summed E-state index contributed by atoms with van der Waals surface area (Å²) in [6.45, 7) is 3.86. The van der Waals surface area contributed by atoms with E-state index in [0.29, 0.717) is 12.6 Å². The lowest BCUT2D eigenvalue weighted by atomic mass is 9.92. The van der Waals surface area contributed by atoms with Crippen LogP contribution in [0.5, 0.6) is 0 Å². The van der Waals surface area contributed by atoms with Crippen LogP contribution in [-0.4, -0.2) is 49.1 Å². The molecule has 3 aliphatic rings. The fourth-order valence-corrected chi connectivity index (χ4v) is 3.85. The van der Waals surface area contributed by atoms with Crippen molar-refractivity contribution >= 4 is 30.7 Å². The van der Waals surface area contributed by atoms with Crippen LogP contribution in [0.1, 0.15) is 57.8 Å². The van der Waals surface area contributed by atoms with Gasteiger partial charge in [-0.15, -0.1) is 24.8 Å². The average molecular weight is 366 g/mol. The van der Waals surface area contributed by atoms with Gasteiger partial charge in [0, 0.05) is 25.2 Å². The molecule has 0 aromatic carbocycles. The second-order valence-corrected chi connectivity index (χ2v) is 7.24. The van der Waals surface area contributed by atoms with E-state index in [-0.39, 0.29) is 30.7 Å². The van der Waals surface area contributed by atoms with Crippen molar-refractivity contribution in [1.29, 1.82) is 0 Å². The Hall–Kier alpha value is -0.0300. The summed E-state index contributed by atoms with van der Waals surface area (Å²) in [4.78, 5) is 14.6. The number of carbonyl (C=O) groups excluding carboxylic acids is 1. The molecule has 2 saturated carbocycles. The zero-order valence-electron chi connectivity index (χ0n) is 14.1. The molecule has 6 heteroatoms. The van der Waals surface area contributed by atoms with Gasteiger partial charge in [0.05, 0.1) is 6.54 Å². The molecule has 1 saturated heterocycles. The van der Waals surface area contributed by atoms with E-state index in [1.165, 1.54) is 58.0 Å². The van der Waals surface area contributed by atoms with Gasteiger partial charge in [0.25, 0.3) is 0 Å². The number of amides is 1. The van der Waals surface area contributed by atoms with Crippen LogP contribution in [0.3, 0.4) is 0 Å². The Morgan fingerprint density at radius 1 is 0.913 bits per heavy atom. The van der Waals surface area contributed by atoms with Crippen LogP contribution < -0.4 is 10.6 Å². The van der Waals surface area contributed by atoms with Gasteiger partial charge in [0.15, 0.2) is 0 Å². The molecule has 0 aromatic heterocycles. The fraction of sp³-hybridized carbons (Fsp3) is 0.941. The van der Waals surface area contributed by atoms with Crippen LogP contribution in [0.2, 0.25) is 0 Å². The number of carbonyl (C=O) groups is 1. The van der Waals surface area contributed by atoms with Gasteiger partial charge in [-0.1, -0.05) is 19.3 Å². The molecule has 0 unspecified atom stereocenters. The van der Waals surface area contributed by atoms with Gasteiger partial charge in [-0.05, 0) is 51.0 Å². The minimum Gasteiger partial charge on any atom is -0.352 e. The lowest BCUT2D eigenvalue weighted by Crippen LogP contribution is -2.49. The first-order valence-electron chi connectivity index (χ1n) is 9.05. The van der Waals surface area contributed by atoms with E-state index in [1.54, 1.807) is 0 Å². The number of likely N-dealkylation sites (tertiary alicyclic amines) is 1. The minimum absolute atomic E-state index is 0. The molecule has 3 rings (SSSR count). The van der Waals surface area contributed by atoms with Gasteiger partial charge in [-0.2, -0.15) is 0 Å². The predicted molar refractivity (Wildman–Crippen MR) is 99.7 cm³/mol. The van der Waals surface area contributed by atoms with Crippen molar-refractivity contribution in [3.05, 3.63) is 0 Å². The second-order valence-electron chi connectivity index (χ2n) is 7.24. The quantitative estimate of drug-likeness (QED) is 0.760. The minimum atomic E-state index is 0. The molecule has 2 aliphatic carbocycles. The Morgan fingerprint density at radius 2 is 1.57 bits per heavy atom. The highest BCUT2D eigenvalue weighted by atomic mass is 35.5. The molecule has 0 bridgehead atoms. The number of hydrogen-bond donors (Lipinski definition) is 2. The maximum atomic E-state index is 11.9. The number of piperidine rings is 1. The number of rotatable bonds is 6. The highest BCUT2D eigenvalue weighted by molar-refractivity contribution is 5.85. The number of nitrogens with zero attached hydrogens (tertiary/aromatic N) is 1. The molecule has 0 radical (unpaired) electrons. The Balaban J connectivity index is 0.00000132. The molecule has 1 amide bonds. The van der Waals surface area contributed by atoms with Gasteiger partial charge in [0.1, 0.15) is 0 Å². The Morgan fingerprint density at radius 3 is 2.17 bits per heavy atom. The summed E-state index contributed by atoms with van der Waals surface area (Å²) in [7, 11) is 0. The van der Waals surface area contributed by atoms with E-state index >= 15 is 0 Å². The zero-order chi connectivity index (χ0) is 14.5. The third-order valence-electron chi connectivity index (χ3n) is 5.40. The summed E-state index contributed by atoms with van der Waals surface area (Å²) in [5.41, 5.74) is 0. The van der Waals surface area contributed by atoms with Gasteiger partial charge >= 0.3 is 0 Å². The molecule has 0 spiro atoms. The first-order chi connectivity index (χ1) is 10.3. The summed E-state index contributed by atoms with van der Waals surface area (Å²) in [6.07, 6.45) is 12.0. The van der Waals surface area contributed by atoms with Crippen molar-refractivity contribution in [1.82, 2.24) is 15.5 Å². The van der Waals surface area contributed by atoms with Crippen molar-refractivity contribution in [3.63, 3.8) is 0 Å². The summed E-state index contributed by atoms with van der Waals surface area (Å²) >= 11 is 0. The van der Waals surface area contributed by atoms with Crippen LogP contribution in [0, 0.1) is 5.92 Å². The SMILES string of the molecule is Cl.Cl.O=C(CNCC1CC1)NC1CCN(C2CCCCC2)CC1. The molecule has 4 nitrogen and oxygen atoms in total. The third kappa shape index (κ3) is 7.16. The smallest absolute Gasteiger partial charge is 0.234 e. The van der Waals surface area contributed by atoms with E-state index in [1.807, 2.05) is 0 Å².